The van der Waals surface area contributed by atoms with Gasteiger partial charge in [-0.05, 0) is 43.1 Å². The molecule has 0 aliphatic carbocycles. The molecule has 1 aromatic rings. The van der Waals surface area contributed by atoms with E-state index in [4.69, 9.17) is 11.0 Å². The van der Waals surface area contributed by atoms with E-state index in [-0.39, 0.29) is 5.82 Å². The van der Waals surface area contributed by atoms with Crippen molar-refractivity contribution in [1.29, 1.82) is 5.26 Å². The molecule has 1 aromatic carbocycles. The van der Waals surface area contributed by atoms with Crippen LogP contribution in [0.15, 0.2) is 18.2 Å². The van der Waals surface area contributed by atoms with Gasteiger partial charge in [-0.3, -0.25) is 4.90 Å². The molecule has 90 valence electrons. The van der Waals surface area contributed by atoms with Crippen molar-refractivity contribution in [3.63, 3.8) is 0 Å². The second kappa shape index (κ2) is 5.26. The zero-order valence-electron chi connectivity index (χ0n) is 9.69. The normalized spacial score (nSPS) is 20.4. The molecule has 1 saturated heterocycles. The van der Waals surface area contributed by atoms with Gasteiger partial charge in [-0.15, -0.1) is 0 Å². The van der Waals surface area contributed by atoms with Crippen molar-refractivity contribution in [3.8, 4) is 6.07 Å². The molecule has 1 atom stereocenters. The van der Waals surface area contributed by atoms with Crippen molar-refractivity contribution in [2.45, 2.75) is 25.4 Å². The number of nitriles is 1. The third-order valence-corrected chi connectivity index (χ3v) is 3.24. The number of rotatable bonds is 3. The molecule has 1 aliphatic rings. The van der Waals surface area contributed by atoms with Crippen LogP contribution in [0.1, 0.15) is 24.0 Å². The highest BCUT2D eigenvalue weighted by Crippen LogP contribution is 2.20. The highest BCUT2D eigenvalue weighted by molar-refractivity contribution is 5.33. The van der Waals surface area contributed by atoms with E-state index in [2.05, 4.69) is 4.90 Å². The van der Waals surface area contributed by atoms with Crippen molar-refractivity contribution in [3.05, 3.63) is 35.1 Å². The van der Waals surface area contributed by atoms with Crippen LogP contribution in [0.2, 0.25) is 0 Å². The summed E-state index contributed by atoms with van der Waals surface area (Å²) >= 11 is 0. The van der Waals surface area contributed by atoms with E-state index in [1.807, 2.05) is 6.07 Å². The van der Waals surface area contributed by atoms with Gasteiger partial charge in [-0.2, -0.15) is 5.26 Å². The van der Waals surface area contributed by atoms with E-state index in [9.17, 15) is 4.39 Å². The smallest absolute Gasteiger partial charge is 0.124 e. The second-order valence-corrected chi connectivity index (χ2v) is 4.46. The monoisotopic (exact) mass is 233 g/mol. The maximum absolute atomic E-state index is 13.3. The van der Waals surface area contributed by atoms with Crippen LogP contribution in [0.5, 0.6) is 0 Å². The van der Waals surface area contributed by atoms with Gasteiger partial charge in [0.2, 0.25) is 0 Å². The minimum absolute atomic E-state index is 0.345. The van der Waals surface area contributed by atoms with Crippen LogP contribution in [-0.4, -0.2) is 24.0 Å². The molecular formula is C13H16FN3. The summed E-state index contributed by atoms with van der Waals surface area (Å²) in [6, 6.07) is 6.86. The highest BCUT2D eigenvalue weighted by atomic mass is 19.1. The highest BCUT2D eigenvalue weighted by Gasteiger charge is 2.23. The summed E-state index contributed by atoms with van der Waals surface area (Å²) in [5, 5.41) is 8.80. The van der Waals surface area contributed by atoms with Crippen molar-refractivity contribution in [1.82, 2.24) is 4.90 Å². The van der Waals surface area contributed by atoms with Gasteiger partial charge in [0, 0.05) is 19.1 Å². The molecule has 0 amide bonds. The first kappa shape index (κ1) is 12.0. The lowest BCUT2D eigenvalue weighted by Crippen LogP contribution is -2.34. The molecule has 0 aromatic heterocycles. The number of benzene rings is 1. The zero-order valence-corrected chi connectivity index (χ0v) is 9.69. The molecule has 1 heterocycles. The zero-order chi connectivity index (χ0) is 12.3. The van der Waals surface area contributed by atoms with Crippen LogP contribution in [0, 0.1) is 17.1 Å². The third kappa shape index (κ3) is 2.82. The van der Waals surface area contributed by atoms with Gasteiger partial charge >= 0.3 is 0 Å². The summed E-state index contributed by atoms with van der Waals surface area (Å²) in [6.07, 6.45) is 2.25. The third-order valence-electron chi connectivity index (χ3n) is 3.24. The Morgan fingerprint density at radius 1 is 1.47 bits per heavy atom. The summed E-state index contributed by atoms with van der Waals surface area (Å²) in [6.45, 7) is 2.31. The topological polar surface area (TPSA) is 53.0 Å². The molecule has 0 radical (unpaired) electrons. The van der Waals surface area contributed by atoms with Gasteiger partial charge in [-0.1, -0.05) is 0 Å². The minimum atomic E-state index is -0.345. The fraction of sp³-hybridized carbons (Fsp3) is 0.462. The van der Waals surface area contributed by atoms with Gasteiger partial charge in [0.05, 0.1) is 11.6 Å². The Kier molecular flexibility index (Phi) is 3.72. The van der Waals surface area contributed by atoms with Crippen LogP contribution < -0.4 is 5.73 Å². The van der Waals surface area contributed by atoms with Crippen LogP contribution >= 0.6 is 0 Å². The van der Waals surface area contributed by atoms with E-state index in [1.165, 1.54) is 12.1 Å². The molecule has 1 unspecified atom stereocenters. The lowest BCUT2D eigenvalue weighted by Gasteiger charge is -2.23. The molecule has 3 nitrogen and oxygen atoms in total. The molecular weight excluding hydrogens is 217 g/mol. The number of halogens is 1. The van der Waals surface area contributed by atoms with Gasteiger partial charge in [-0.25, -0.2) is 4.39 Å². The first-order valence-electron chi connectivity index (χ1n) is 5.86. The lowest BCUT2D eigenvalue weighted by molar-refractivity contribution is 0.250. The molecule has 0 saturated carbocycles. The average Bonchev–Trinajstić information content (AvgIpc) is 2.75. The number of hydrogen-bond donors (Lipinski definition) is 1. The van der Waals surface area contributed by atoms with E-state index < -0.39 is 0 Å². The van der Waals surface area contributed by atoms with Crippen molar-refractivity contribution in [2.75, 3.05) is 13.1 Å². The first-order chi connectivity index (χ1) is 8.22. The molecule has 2 rings (SSSR count). The van der Waals surface area contributed by atoms with E-state index in [0.717, 1.165) is 24.9 Å². The summed E-state index contributed by atoms with van der Waals surface area (Å²) in [5.74, 6) is -0.345. The largest absolute Gasteiger partial charge is 0.329 e. The summed E-state index contributed by atoms with van der Waals surface area (Å²) < 4.78 is 13.3. The molecule has 0 bridgehead atoms. The molecule has 0 spiro atoms. The minimum Gasteiger partial charge on any atom is -0.329 e. The average molecular weight is 233 g/mol. The van der Waals surface area contributed by atoms with Crippen LogP contribution in [-0.2, 0) is 6.54 Å². The quantitative estimate of drug-likeness (QED) is 0.863. The fourth-order valence-corrected chi connectivity index (χ4v) is 2.41. The van der Waals surface area contributed by atoms with Crippen LogP contribution in [0.3, 0.4) is 0 Å². The molecule has 1 fully saturated rings. The predicted octanol–water partition coefficient (Wildman–Crippen LogP) is 1.62. The fourth-order valence-electron chi connectivity index (χ4n) is 2.41. The molecule has 17 heavy (non-hydrogen) atoms. The van der Waals surface area contributed by atoms with Gasteiger partial charge in [0.25, 0.3) is 0 Å². The first-order valence-corrected chi connectivity index (χ1v) is 5.86. The number of hydrogen-bond acceptors (Lipinski definition) is 3. The van der Waals surface area contributed by atoms with Crippen molar-refractivity contribution < 1.29 is 4.39 Å². The Morgan fingerprint density at radius 3 is 3.00 bits per heavy atom. The van der Waals surface area contributed by atoms with Gasteiger partial charge < -0.3 is 5.73 Å². The van der Waals surface area contributed by atoms with E-state index >= 15 is 0 Å². The maximum Gasteiger partial charge on any atom is 0.124 e. The van der Waals surface area contributed by atoms with E-state index in [0.29, 0.717) is 24.7 Å². The van der Waals surface area contributed by atoms with Crippen LogP contribution in [0.4, 0.5) is 4.39 Å². The molecule has 4 heteroatoms. The Bertz CT molecular complexity index is 439. The standard InChI is InChI=1S/C13H16FN3/c14-12-5-10(7-15)4-11(6-12)9-17-3-1-2-13(17)8-16/h4-6,13H,1-3,8-9,16H2. The van der Waals surface area contributed by atoms with Crippen LogP contribution in [0.25, 0.3) is 0 Å². The number of nitrogens with two attached hydrogens (primary N) is 1. The SMILES string of the molecule is N#Cc1cc(F)cc(CN2CCCC2CN)c1. The Hall–Kier alpha value is -1.44. The van der Waals surface area contributed by atoms with Crippen molar-refractivity contribution in [2.24, 2.45) is 5.73 Å². The van der Waals surface area contributed by atoms with Gasteiger partial charge in [0.15, 0.2) is 0 Å². The van der Waals surface area contributed by atoms with Gasteiger partial charge in [0.1, 0.15) is 5.82 Å². The Morgan fingerprint density at radius 2 is 2.29 bits per heavy atom. The lowest BCUT2D eigenvalue weighted by atomic mass is 10.1. The Labute approximate surface area is 101 Å². The molecule has 1 aliphatic heterocycles. The van der Waals surface area contributed by atoms with Crippen molar-refractivity contribution >= 4 is 0 Å². The summed E-state index contributed by atoms with van der Waals surface area (Å²) in [5.41, 5.74) is 6.92. The predicted molar refractivity (Wildman–Crippen MR) is 63.6 cm³/mol. The second-order valence-electron chi connectivity index (χ2n) is 4.46. The summed E-state index contributed by atoms with van der Waals surface area (Å²) in [7, 11) is 0. The maximum atomic E-state index is 13.3. The number of likely N-dealkylation sites (tertiary alicyclic amines) is 1. The molecule has 2 N–H and O–H groups in total. The summed E-state index contributed by atoms with van der Waals surface area (Å²) in [4.78, 5) is 2.26. The Balaban J connectivity index is 2.13. The number of nitrogens with zero attached hydrogens (tertiary/aromatic N) is 2. The van der Waals surface area contributed by atoms with E-state index in [1.54, 1.807) is 6.07 Å².